The molecule has 0 bridgehead atoms. The van der Waals surface area contributed by atoms with E-state index in [0.29, 0.717) is 10.7 Å². The SMILES string of the molecule is COC(=O)c1c(NC(=S)N2CCN(Cc3cccc(Cl)c3)CC2)sc2c1CCCC2. The highest BCUT2D eigenvalue weighted by molar-refractivity contribution is 7.80. The van der Waals surface area contributed by atoms with Gasteiger partial charge in [-0.25, -0.2) is 4.79 Å². The maximum atomic E-state index is 12.4. The fourth-order valence-electron chi connectivity index (χ4n) is 4.15. The number of fused-ring (bicyclic) bond motifs is 1. The zero-order chi connectivity index (χ0) is 21.1. The van der Waals surface area contributed by atoms with Gasteiger partial charge in [0.25, 0.3) is 0 Å². The molecule has 0 saturated carbocycles. The van der Waals surface area contributed by atoms with Gasteiger partial charge in [0.05, 0.1) is 12.7 Å². The van der Waals surface area contributed by atoms with E-state index < -0.39 is 0 Å². The molecule has 1 aliphatic carbocycles. The standard InChI is InChI=1S/C22H26ClN3O2S2/c1-28-21(27)19-17-7-2-3-8-18(17)30-20(19)24-22(29)26-11-9-25(10-12-26)14-15-5-4-6-16(23)13-15/h4-6,13H,2-3,7-12,14H2,1H3,(H,24,29). The van der Waals surface area contributed by atoms with Crippen LogP contribution in [0.2, 0.25) is 5.02 Å². The number of ether oxygens (including phenoxy) is 1. The summed E-state index contributed by atoms with van der Waals surface area (Å²) in [4.78, 5) is 18.3. The molecule has 4 rings (SSSR count). The van der Waals surface area contributed by atoms with Gasteiger partial charge in [0.15, 0.2) is 5.11 Å². The van der Waals surface area contributed by atoms with Crippen LogP contribution < -0.4 is 5.32 Å². The van der Waals surface area contributed by atoms with Crippen molar-refractivity contribution in [2.24, 2.45) is 0 Å². The zero-order valence-electron chi connectivity index (χ0n) is 17.1. The smallest absolute Gasteiger partial charge is 0.341 e. The number of piperazine rings is 1. The summed E-state index contributed by atoms with van der Waals surface area (Å²) in [6, 6.07) is 8.02. The van der Waals surface area contributed by atoms with Gasteiger partial charge in [0.1, 0.15) is 5.00 Å². The highest BCUT2D eigenvalue weighted by Gasteiger charge is 2.27. The molecule has 30 heavy (non-hydrogen) atoms. The summed E-state index contributed by atoms with van der Waals surface area (Å²) < 4.78 is 5.06. The van der Waals surface area contributed by atoms with E-state index in [1.54, 1.807) is 11.3 Å². The third kappa shape index (κ3) is 4.80. The fourth-order valence-corrected chi connectivity index (χ4v) is 5.99. The summed E-state index contributed by atoms with van der Waals surface area (Å²) in [5.41, 5.74) is 3.05. The number of methoxy groups -OCH3 is 1. The second-order valence-corrected chi connectivity index (χ2v) is 9.66. The Hall–Kier alpha value is -1.67. The van der Waals surface area contributed by atoms with Crippen LogP contribution >= 0.6 is 35.2 Å². The third-order valence-electron chi connectivity index (χ3n) is 5.74. The molecule has 1 aromatic heterocycles. The molecule has 2 aliphatic rings. The van der Waals surface area contributed by atoms with Crippen LogP contribution in [-0.2, 0) is 24.1 Å². The lowest BCUT2D eigenvalue weighted by Gasteiger charge is -2.36. The summed E-state index contributed by atoms with van der Waals surface area (Å²) >= 11 is 13.5. The van der Waals surface area contributed by atoms with Crippen LogP contribution in [0.5, 0.6) is 0 Å². The molecule has 0 radical (unpaired) electrons. The number of anilines is 1. The summed E-state index contributed by atoms with van der Waals surface area (Å²) in [5, 5.41) is 5.65. The van der Waals surface area contributed by atoms with E-state index in [-0.39, 0.29) is 5.97 Å². The third-order valence-corrected chi connectivity index (χ3v) is 7.54. The number of thiocarbonyl (C=S) groups is 1. The molecule has 1 N–H and O–H groups in total. The minimum Gasteiger partial charge on any atom is -0.465 e. The average Bonchev–Trinajstić information content (AvgIpc) is 3.11. The van der Waals surface area contributed by atoms with Crippen molar-refractivity contribution in [1.29, 1.82) is 0 Å². The fraction of sp³-hybridized carbons (Fsp3) is 0.455. The van der Waals surface area contributed by atoms with Gasteiger partial charge in [-0.3, -0.25) is 4.90 Å². The normalized spacial score (nSPS) is 16.8. The van der Waals surface area contributed by atoms with Gasteiger partial charge in [0, 0.05) is 42.6 Å². The number of halogens is 1. The van der Waals surface area contributed by atoms with Crippen molar-refractivity contribution in [3.63, 3.8) is 0 Å². The van der Waals surface area contributed by atoms with Gasteiger partial charge >= 0.3 is 5.97 Å². The van der Waals surface area contributed by atoms with Gasteiger partial charge in [-0.15, -0.1) is 11.3 Å². The molecule has 0 spiro atoms. The van der Waals surface area contributed by atoms with Crippen molar-refractivity contribution in [3.8, 4) is 0 Å². The molecular formula is C22H26ClN3O2S2. The summed E-state index contributed by atoms with van der Waals surface area (Å²) in [6.45, 7) is 4.45. The predicted octanol–water partition coefficient (Wildman–Crippen LogP) is 4.58. The second kappa shape index (κ2) is 9.64. The number of hydrogen-bond donors (Lipinski definition) is 1. The minimum absolute atomic E-state index is 0.272. The minimum atomic E-state index is -0.272. The van der Waals surface area contributed by atoms with Crippen LogP contribution in [0.3, 0.4) is 0 Å². The first-order valence-electron chi connectivity index (χ1n) is 10.3. The lowest BCUT2D eigenvalue weighted by Crippen LogP contribution is -2.49. The Labute approximate surface area is 192 Å². The first-order valence-corrected chi connectivity index (χ1v) is 11.9. The molecule has 5 nitrogen and oxygen atoms in total. The lowest BCUT2D eigenvalue weighted by molar-refractivity contribution is 0.0601. The van der Waals surface area contributed by atoms with Gasteiger partial charge in [-0.05, 0) is 61.2 Å². The van der Waals surface area contributed by atoms with Gasteiger partial charge in [-0.2, -0.15) is 0 Å². The van der Waals surface area contributed by atoms with E-state index in [2.05, 4.69) is 21.2 Å². The van der Waals surface area contributed by atoms with Crippen LogP contribution in [0.25, 0.3) is 0 Å². The Bertz CT molecular complexity index is 938. The highest BCUT2D eigenvalue weighted by atomic mass is 35.5. The number of hydrogen-bond acceptors (Lipinski definition) is 5. The van der Waals surface area contributed by atoms with E-state index in [4.69, 9.17) is 28.6 Å². The van der Waals surface area contributed by atoms with Crippen LogP contribution in [0.4, 0.5) is 5.00 Å². The summed E-state index contributed by atoms with van der Waals surface area (Å²) in [7, 11) is 1.44. The molecule has 2 heterocycles. The molecule has 1 fully saturated rings. The van der Waals surface area contributed by atoms with Gasteiger partial charge < -0.3 is 15.0 Å². The Morgan fingerprint density at radius 2 is 2.00 bits per heavy atom. The Balaban J connectivity index is 1.38. The van der Waals surface area contributed by atoms with Gasteiger partial charge in [0.2, 0.25) is 0 Å². The number of nitrogens with zero attached hydrogens (tertiary/aromatic N) is 2. The summed E-state index contributed by atoms with van der Waals surface area (Å²) in [5.74, 6) is -0.272. The van der Waals surface area contributed by atoms with E-state index in [9.17, 15) is 4.79 Å². The highest BCUT2D eigenvalue weighted by Crippen LogP contribution is 2.38. The van der Waals surface area contributed by atoms with E-state index in [0.717, 1.165) is 67.6 Å². The Morgan fingerprint density at radius 3 is 2.73 bits per heavy atom. The average molecular weight is 464 g/mol. The first kappa shape index (κ1) is 21.6. The Kier molecular flexibility index (Phi) is 6.93. The number of nitrogens with one attached hydrogen (secondary N) is 1. The number of rotatable bonds is 4. The zero-order valence-corrected chi connectivity index (χ0v) is 19.5. The van der Waals surface area contributed by atoms with Crippen LogP contribution in [0, 0.1) is 0 Å². The van der Waals surface area contributed by atoms with E-state index in [1.165, 1.54) is 24.0 Å². The molecule has 8 heteroatoms. The van der Waals surface area contributed by atoms with Crippen molar-refractivity contribution in [3.05, 3.63) is 50.9 Å². The maximum absolute atomic E-state index is 12.4. The lowest BCUT2D eigenvalue weighted by atomic mass is 9.95. The molecule has 1 aromatic carbocycles. The summed E-state index contributed by atoms with van der Waals surface area (Å²) in [6.07, 6.45) is 4.26. The van der Waals surface area contributed by atoms with Crippen molar-refractivity contribution < 1.29 is 9.53 Å². The number of carbonyl (C=O) groups excluding carboxylic acids is 1. The molecule has 160 valence electrons. The molecule has 0 unspecified atom stereocenters. The molecular weight excluding hydrogens is 438 g/mol. The van der Waals surface area contributed by atoms with Gasteiger partial charge in [-0.1, -0.05) is 23.7 Å². The predicted molar refractivity (Wildman–Crippen MR) is 127 cm³/mol. The molecule has 0 atom stereocenters. The first-order chi connectivity index (χ1) is 14.5. The second-order valence-electron chi connectivity index (χ2n) is 7.73. The molecule has 0 amide bonds. The molecule has 1 aliphatic heterocycles. The van der Waals surface area contributed by atoms with Crippen LogP contribution in [-0.4, -0.2) is 54.2 Å². The quantitative estimate of drug-likeness (QED) is 0.529. The molecule has 1 saturated heterocycles. The monoisotopic (exact) mass is 463 g/mol. The number of carbonyl (C=O) groups is 1. The van der Waals surface area contributed by atoms with Crippen LogP contribution in [0.15, 0.2) is 24.3 Å². The van der Waals surface area contributed by atoms with Crippen molar-refractivity contribution in [2.75, 3.05) is 38.6 Å². The maximum Gasteiger partial charge on any atom is 0.341 e. The van der Waals surface area contributed by atoms with E-state index in [1.807, 2.05) is 18.2 Å². The topological polar surface area (TPSA) is 44.8 Å². The number of benzene rings is 1. The Morgan fingerprint density at radius 1 is 1.23 bits per heavy atom. The van der Waals surface area contributed by atoms with Crippen molar-refractivity contribution in [2.45, 2.75) is 32.2 Å². The number of thiophene rings is 1. The molecule has 2 aromatic rings. The number of aryl methyl sites for hydroxylation is 1. The van der Waals surface area contributed by atoms with E-state index >= 15 is 0 Å². The van der Waals surface area contributed by atoms with Crippen molar-refractivity contribution in [1.82, 2.24) is 9.80 Å². The largest absolute Gasteiger partial charge is 0.465 e. The van der Waals surface area contributed by atoms with Crippen molar-refractivity contribution >= 4 is 51.2 Å². The van der Waals surface area contributed by atoms with Crippen LogP contribution in [0.1, 0.15) is 39.2 Å². The number of esters is 1.